The topological polar surface area (TPSA) is 73.4 Å². The smallest absolute Gasteiger partial charge is 0.304 e. The number of allylic oxidation sites excluding steroid dienone is 1. The molecule has 2 heterocycles. The first kappa shape index (κ1) is 13.4. The van der Waals surface area contributed by atoms with Crippen LogP contribution in [0.15, 0.2) is 47.7 Å². The lowest BCUT2D eigenvalue weighted by atomic mass is 10.1. The number of rotatable bonds is 2. The Bertz CT molecular complexity index is 722. The van der Waals surface area contributed by atoms with Crippen molar-refractivity contribution in [2.45, 2.75) is 0 Å². The molecular formula is C14H12ClN5O. The SMILES string of the molecule is O=C(Nc1cn[nH]c1-c1cccc(Cl)c1)N1C=CC=NC1. The molecule has 0 spiro atoms. The Morgan fingerprint density at radius 2 is 2.33 bits per heavy atom. The first-order chi connectivity index (χ1) is 10.2. The van der Waals surface area contributed by atoms with Gasteiger partial charge in [-0.3, -0.25) is 15.0 Å². The third-order valence-electron chi connectivity index (χ3n) is 2.95. The molecule has 0 aliphatic carbocycles. The van der Waals surface area contributed by atoms with Crippen molar-refractivity contribution in [1.82, 2.24) is 15.1 Å². The average molecular weight is 302 g/mol. The number of H-pyrrole nitrogens is 1. The van der Waals surface area contributed by atoms with Gasteiger partial charge in [0.2, 0.25) is 0 Å². The summed E-state index contributed by atoms with van der Waals surface area (Å²) in [6, 6.07) is 7.05. The van der Waals surface area contributed by atoms with E-state index in [9.17, 15) is 4.79 Å². The number of hydrogen-bond acceptors (Lipinski definition) is 3. The number of aliphatic imine (C=N–C) groups is 1. The molecule has 21 heavy (non-hydrogen) atoms. The van der Waals surface area contributed by atoms with Crippen LogP contribution in [0.4, 0.5) is 10.5 Å². The minimum Gasteiger partial charge on any atom is -0.304 e. The predicted molar refractivity (Wildman–Crippen MR) is 82.4 cm³/mol. The van der Waals surface area contributed by atoms with Crippen LogP contribution in [-0.2, 0) is 0 Å². The molecule has 2 aromatic rings. The number of benzene rings is 1. The molecule has 1 aliphatic rings. The van der Waals surface area contributed by atoms with Gasteiger partial charge in [0.1, 0.15) is 6.67 Å². The molecule has 106 valence electrons. The van der Waals surface area contributed by atoms with Crippen molar-refractivity contribution in [1.29, 1.82) is 0 Å². The maximum atomic E-state index is 12.1. The Balaban J connectivity index is 1.81. The Morgan fingerprint density at radius 1 is 1.43 bits per heavy atom. The molecule has 0 unspecified atom stereocenters. The summed E-state index contributed by atoms with van der Waals surface area (Å²) in [5.41, 5.74) is 2.14. The minimum absolute atomic E-state index is 0.271. The highest BCUT2D eigenvalue weighted by atomic mass is 35.5. The van der Waals surface area contributed by atoms with Crippen LogP contribution in [-0.4, -0.2) is 34.0 Å². The van der Waals surface area contributed by atoms with E-state index in [1.807, 2.05) is 12.1 Å². The lowest BCUT2D eigenvalue weighted by Crippen LogP contribution is -2.31. The lowest BCUT2D eigenvalue weighted by Gasteiger charge is -2.18. The predicted octanol–water partition coefficient (Wildman–Crippen LogP) is 3.12. The van der Waals surface area contributed by atoms with Crippen LogP contribution in [0.5, 0.6) is 0 Å². The van der Waals surface area contributed by atoms with E-state index >= 15 is 0 Å². The largest absolute Gasteiger partial charge is 0.327 e. The lowest BCUT2D eigenvalue weighted by molar-refractivity contribution is 0.229. The summed E-state index contributed by atoms with van der Waals surface area (Å²) in [5, 5.41) is 10.3. The van der Waals surface area contributed by atoms with Crippen LogP contribution in [0.2, 0.25) is 5.02 Å². The maximum Gasteiger partial charge on any atom is 0.327 e. The van der Waals surface area contributed by atoms with Crippen molar-refractivity contribution in [3.8, 4) is 11.3 Å². The zero-order valence-electron chi connectivity index (χ0n) is 11.0. The molecule has 0 radical (unpaired) electrons. The van der Waals surface area contributed by atoms with Crippen molar-refractivity contribution in [2.75, 3.05) is 12.0 Å². The third-order valence-corrected chi connectivity index (χ3v) is 3.18. The van der Waals surface area contributed by atoms with Crippen LogP contribution < -0.4 is 5.32 Å². The monoisotopic (exact) mass is 301 g/mol. The first-order valence-electron chi connectivity index (χ1n) is 6.27. The fraction of sp³-hybridized carbons (Fsp3) is 0.0714. The fourth-order valence-corrected chi connectivity index (χ4v) is 2.14. The zero-order valence-corrected chi connectivity index (χ0v) is 11.7. The number of anilines is 1. The van der Waals surface area contributed by atoms with Crippen molar-refractivity contribution in [2.24, 2.45) is 4.99 Å². The number of nitrogens with zero attached hydrogens (tertiary/aromatic N) is 3. The van der Waals surface area contributed by atoms with Gasteiger partial charge >= 0.3 is 6.03 Å². The van der Waals surface area contributed by atoms with E-state index in [-0.39, 0.29) is 6.03 Å². The normalized spacial score (nSPS) is 13.5. The summed E-state index contributed by atoms with van der Waals surface area (Å²) in [4.78, 5) is 17.6. The number of halogens is 1. The van der Waals surface area contributed by atoms with Gasteiger partial charge in [0.15, 0.2) is 0 Å². The average Bonchev–Trinajstić information content (AvgIpc) is 2.96. The molecule has 0 fully saturated rings. The first-order valence-corrected chi connectivity index (χ1v) is 6.65. The van der Waals surface area contributed by atoms with E-state index in [0.29, 0.717) is 23.1 Å². The molecule has 0 saturated heterocycles. The summed E-state index contributed by atoms with van der Waals surface area (Å²) in [6.07, 6.45) is 6.59. The van der Waals surface area contributed by atoms with Gasteiger partial charge in [-0.2, -0.15) is 5.10 Å². The quantitative estimate of drug-likeness (QED) is 0.894. The molecule has 0 saturated carbocycles. The van der Waals surface area contributed by atoms with Gasteiger partial charge in [0, 0.05) is 23.0 Å². The number of aromatic amines is 1. The number of aromatic nitrogens is 2. The summed E-state index contributed by atoms with van der Waals surface area (Å²) in [7, 11) is 0. The van der Waals surface area contributed by atoms with Gasteiger partial charge in [-0.05, 0) is 18.2 Å². The highest BCUT2D eigenvalue weighted by Crippen LogP contribution is 2.27. The van der Waals surface area contributed by atoms with Crippen LogP contribution in [0.1, 0.15) is 0 Å². The zero-order chi connectivity index (χ0) is 14.7. The second-order valence-corrected chi connectivity index (χ2v) is 4.82. The second kappa shape index (κ2) is 5.80. The van der Waals surface area contributed by atoms with E-state index in [4.69, 9.17) is 11.6 Å². The van der Waals surface area contributed by atoms with Crippen LogP contribution in [0.3, 0.4) is 0 Å². The number of hydrogen-bond donors (Lipinski definition) is 2. The molecule has 2 N–H and O–H groups in total. The van der Waals surface area contributed by atoms with Gasteiger partial charge in [-0.1, -0.05) is 23.7 Å². The summed E-state index contributed by atoms with van der Waals surface area (Å²) < 4.78 is 0. The highest BCUT2D eigenvalue weighted by molar-refractivity contribution is 6.30. The Hall–Kier alpha value is -2.60. The Morgan fingerprint density at radius 3 is 3.10 bits per heavy atom. The van der Waals surface area contributed by atoms with Crippen molar-refractivity contribution in [3.63, 3.8) is 0 Å². The number of carbonyl (C=O) groups excluding carboxylic acids is 1. The summed E-state index contributed by atoms with van der Waals surface area (Å²) >= 11 is 5.99. The summed E-state index contributed by atoms with van der Waals surface area (Å²) in [5.74, 6) is 0. The van der Waals surface area contributed by atoms with E-state index in [1.54, 1.807) is 36.8 Å². The van der Waals surface area contributed by atoms with Crippen molar-refractivity contribution >= 4 is 29.5 Å². The number of urea groups is 1. The molecule has 1 aromatic heterocycles. The van der Waals surface area contributed by atoms with Crippen molar-refractivity contribution in [3.05, 3.63) is 47.8 Å². The Kier molecular flexibility index (Phi) is 3.70. The van der Waals surface area contributed by atoms with Gasteiger partial charge in [-0.15, -0.1) is 0 Å². The number of nitrogens with one attached hydrogen (secondary N) is 2. The van der Waals surface area contributed by atoms with Crippen LogP contribution in [0.25, 0.3) is 11.3 Å². The van der Waals surface area contributed by atoms with E-state index in [1.165, 1.54) is 4.90 Å². The minimum atomic E-state index is -0.271. The third kappa shape index (κ3) is 2.95. The van der Waals surface area contributed by atoms with Crippen molar-refractivity contribution < 1.29 is 4.79 Å². The fourth-order valence-electron chi connectivity index (χ4n) is 1.95. The molecule has 2 amide bonds. The molecule has 1 aliphatic heterocycles. The molecule has 3 rings (SSSR count). The van der Waals surface area contributed by atoms with E-state index in [2.05, 4.69) is 20.5 Å². The second-order valence-electron chi connectivity index (χ2n) is 4.38. The molecule has 6 nitrogen and oxygen atoms in total. The van der Waals surface area contributed by atoms with Gasteiger partial charge < -0.3 is 5.32 Å². The maximum absolute atomic E-state index is 12.1. The molecular weight excluding hydrogens is 290 g/mol. The summed E-state index contributed by atoms with van der Waals surface area (Å²) in [6.45, 7) is 0.298. The number of carbonyl (C=O) groups is 1. The van der Waals surface area contributed by atoms with E-state index in [0.717, 1.165) is 5.56 Å². The van der Waals surface area contributed by atoms with Gasteiger partial charge in [-0.25, -0.2) is 4.79 Å². The van der Waals surface area contributed by atoms with E-state index < -0.39 is 0 Å². The molecule has 0 bridgehead atoms. The molecule has 7 heteroatoms. The van der Waals surface area contributed by atoms with Crippen LogP contribution in [0, 0.1) is 0 Å². The standard InChI is InChI=1S/C14H12ClN5O/c15-11-4-1-3-10(7-11)13-12(8-17-19-13)18-14(21)20-6-2-5-16-9-20/h1-8H,9H2,(H,17,19)(H,18,21). The Labute approximate surface area is 126 Å². The van der Waals surface area contributed by atoms with Crippen LogP contribution >= 0.6 is 11.6 Å². The molecule has 1 aromatic carbocycles. The number of amides is 2. The molecule has 0 atom stereocenters. The van der Waals surface area contributed by atoms with Gasteiger partial charge in [0.25, 0.3) is 0 Å². The highest BCUT2D eigenvalue weighted by Gasteiger charge is 2.15. The van der Waals surface area contributed by atoms with Gasteiger partial charge in [0.05, 0.1) is 17.6 Å².